The molecular weight excluding hydrogens is 235 g/mol. The second kappa shape index (κ2) is 4.69. The lowest BCUT2D eigenvalue weighted by Gasteiger charge is -2.08. The van der Waals surface area contributed by atoms with Gasteiger partial charge in [0.1, 0.15) is 16.1 Å². The molecule has 0 amide bonds. The molecule has 0 nitrogen and oxygen atoms in total. The molecule has 0 aliphatic rings. The highest BCUT2D eigenvalue weighted by molar-refractivity contribution is 6.93. The zero-order chi connectivity index (χ0) is 12.3. The van der Waals surface area contributed by atoms with Gasteiger partial charge in [-0.1, -0.05) is 50.4 Å². The average Bonchev–Trinajstić information content (AvgIpc) is 1.96. The van der Waals surface area contributed by atoms with E-state index < -0.39 is 24.6 Å². The van der Waals surface area contributed by atoms with Gasteiger partial charge in [-0.3, -0.25) is 4.11 Å². The van der Waals surface area contributed by atoms with Gasteiger partial charge in [0.15, 0.2) is 0 Å². The summed E-state index contributed by atoms with van der Waals surface area (Å²) < 4.78 is 14.0. The van der Waals surface area contributed by atoms with E-state index >= 15 is 0 Å². The lowest BCUT2D eigenvalue weighted by Crippen LogP contribution is -2.26. The molecule has 0 spiro atoms. The van der Waals surface area contributed by atoms with Crippen LogP contribution in [0.1, 0.15) is 0 Å². The minimum Gasteiger partial charge on any atom is -0.281 e. The van der Waals surface area contributed by atoms with Crippen LogP contribution in [0.4, 0.5) is 4.11 Å². The molecule has 0 aliphatic heterocycles. The molecule has 0 aromatic carbocycles. The summed E-state index contributed by atoms with van der Waals surface area (Å²) in [6.07, 6.45) is 0. The maximum atomic E-state index is 14.0. The van der Waals surface area contributed by atoms with Crippen molar-refractivity contribution in [2.45, 2.75) is 45.8 Å². The maximum Gasteiger partial charge on any atom is 0.395 e. The summed E-state index contributed by atoms with van der Waals surface area (Å²) in [7, 11) is -6.01. The summed E-state index contributed by atoms with van der Waals surface area (Å²) in [5, 5.41) is 0. The summed E-state index contributed by atoms with van der Waals surface area (Å²) in [5.41, 5.74) is 11.8. The van der Waals surface area contributed by atoms with E-state index in [0.29, 0.717) is 0 Å². The van der Waals surface area contributed by atoms with Crippen LogP contribution in [-0.2, 0) is 0 Å². The molecule has 0 N–H and O–H groups in total. The van der Waals surface area contributed by atoms with Gasteiger partial charge < -0.3 is 0 Å². The Morgan fingerprint density at radius 1 is 0.600 bits per heavy atom. The third-order valence-corrected chi connectivity index (χ3v) is 4.78. The molecular formula is C11H21FSi3. The number of halogens is 1. The molecule has 0 bridgehead atoms. The van der Waals surface area contributed by atoms with Gasteiger partial charge in [-0.05, 0) is 6.55 Å². The first-order valence-corrected chi connectivity index (χ1v) is 14.6. The van der Waals surface area contributed by atoms with Gasteiger partial charge in [0.2, 0.25) is 0 Å². The first-order valence-electron chi connectivity index (χ1n) is 5.19. The Morgan fingerprint density at radius 2 is 0.867 bits per heavy atom. The van der Waals surface area contributed by atoms with Crippen molar-refractivity contribution < 1.29 is 4.11 Å². The minimum absolute atomic E-state index is 1.46. The van der Waals surface area contributed by atoms with E-state index in [4.69, 9.17) is 0 Å². The van der Waals surface area contributed by atoms with E-state index in [1.165, 1.54) is 0 Å². The van der Waals surface area contributed by atoms with Gasteiger partial charge >= 0.3 is 8.41 Å². The van der Waals surface area contributed by atoms with Gasteiger partial charge in [-0.15, -0.1) is 11.1 Å². The average molecular weight is 257 g/mol. The summed E-state index contributed by atoms with van der Waals surface area (Å²) in [4.78, 5) is 0. The Labute approximate surface area is 96.9 Å². The number of rotatable bonds is 0. The molecule has 0 saturated heterocycles. The highest BCUT2D eigenvalue weighted by atomic mass is 28.4. The summed E-state index contributed by atoms with van der Waals surface area (Å²) in [6, 6.07) is 0. The largest absolute Gasteiger partial charge is 0.395 e. The molecule has 4 heteroatoms. The van der Waals surface area contributed by atoms with Crippen LogP contribution < -0.4 is 0 Å². The highest BCUT2D eigenvalue weighted by Gasteiger charge is 2.24. The molecule has 0 rings (SSSR count). The van der Waals surface area contributed by atoms with Crippen molar-refractivity contribution in [3.05, 3.63) is 0 Å². The molecule has 0 aliphatic carbocycles. The maximum absolute atomic E-state index is 14.0. The third kappa shape index (κ3) is 9.99. The predicted molar refractivity (Wildman–Crippen MR) is 75.0 cm³/mol. The van der Waals surface area contributed by atoms with Gasteiger partial charge in [-0.2, -0.15) is 0 Å². The van der Waals surface area contributed by atoms with Crippen LogP contribution in [0.25, 0.3) is 0 Å². The van der Waals surface area contributed by atoms with E-state index in [-0.39, 0.29) is 0 Å². The Bertz CT molecular complexity index is 302. The van der Waals surface area contributed by atoms with Crippen LogP contribution in [0.5, 0.6) is 0 Å². The van der Waals surface area contributed by atoms with Gasteiger partial charge in [0.25, 0.3) is 0 Å². The molecule has 0 radical (unpaired) electrons. The molecule has 0 saturated carbocycles. The van der Waals surface area contributed by atoms with Crippen LogP contribution in [0, 0.1) is 22.2 Å². The van der Waals surface area contributed by atoms with Crippen molar-refractivity contribution in [3.8, 4) is 22.2 Å². The Morgan fingerprint density at radius 3 is 1.07 bits per heavy atom. The molecule has 0 heterocycles. The first kappa shape index (κ1) is 14.7. The van der Waals surface area contributed by atoms with Crippen molar-refractivity contribution in [1.29, 1.82) is 0 Å². The highest BCUT2D eigenvalue weighted by Crippen LogP contribution is 2.05. The van der Waals surface area contributed by atoms with Crippen LogP contribution in [0.3, 0.4) is 0 Å². The molecule has 0 unspecified atom stereocenters. The zero-order valence-electron chi connectivity index (χ0n) is 10.9. The fourth-order valence-electron chi connectivity index (χ4n) is 0.641. The van der Waals surface area contributed by atoms with E-state index in [1.807, 2.05) is 0 Å². The molecule has 0 atom stereocenters. The van der Waals surface area contributed by atoms with Crippen molar-refractivity contribution in [1.82, 2.24) is 0 Å². The lowest BCUT2D eigenvalue weighted by molar-refractivity contribution is 0.838. The second-order valence-electron chi connectivity index (χ2n) is 6.00. The van der Waals surface area contributed by atoms with E-state index in [0.717, 1.165) is 0 Å². The summed E-state index contributed by atoms with van der Waals surface area (Å²) in [6.45, 7) is 14.3. The molecule has 0 aromatic heterocycles. The predicted octanol–water partition coefficient (Wildman–Crippen LogP) is 3.37. The molecule has 0 aromatic rings. The van der Waals surface area contributed by atoms with E-state index in [9.17, 15) is 4.11 Å². The normalized spacial score (nSPS) is 12.3. The second-order valence-corrected chi connectivity index (χ2v) is 18.0. The lowest BCUT2D eigenvalue weighted by atomic mass is 11.3. The Balaban J connectivity index is 4.82. The third-order valence-electron chi connectivity index (χ3n) is 1.34. The monoisotopic (exact) mass is 256 g/mol. The van der Waals surface area contributed by atoms with Crippen molar-refractivity contribution in [2.24, 2.45) is 0 Å². The Hall–Kier alpha value is -0.299. The van der Waals surface area contributed by atoms with E-state index in [2.05, 4.69) is 61.5 Å². The minimum atomic E-state index is -3.08. The fourth-order valence-corrected chi connectivity index (χ4v) is 5.58. The molecule has 15 heavy (non-hydrogen) atoms. The van der Waals surface area contributed by atoms with Crippen LogP contribution >= 0.6 is 0 Å². The van der Waals surface area contributed by atoms with Crippen LogP contribution in [0.15, 0.2) is 0 Å². The molecule has 0 fully saturated rings. The Kier molecular flexibility index (Phi) is 4.60. The summed E-state index contributed by atoms with van der Waals surface area (Å²) in [5.74, 6) is 0. The van der Waals surface area contributed by atoms with Gasteiger partial charge in [0, 0.05) is 0 Å². The smallest absolute Gasteiger partial charge is 0.281 e. The zero-order valence-corrected chi connectivity index (χ0v) is 13.9. The van der Waals surface area contributed by atoms with Gasteiger partial charge in [0.05, 0.1) is 0 Å². The van der Waals surface area contributed by atoms with Gasteiger partial charge in [-0.25, -0.2) is 0 Å². The molecule has 84 valence electrons. The topological polar surface area (TPSA) is 0 Å². The first-order chi connectivity index (χ1) is 6.41. The van der Waals surface area contributed by atoms with Crippen molar-refractivity contribution >= 4 is 24.6 Å². The van der Waals surface area contributed by atoms with Crippen molar-refractivity contribution in [2.75, 3.05) is 0 Å². The van der Waals surface area contributed by atoms with Crippen LogP contribution in [0.2, 0.25) is 45.8 Å². The SMILES string of the molecule is C[Si](C)(C)C#C[Si](C)(F)C#C[Si](C)(C)C. The van der Waals surface area contributed by atoms with Crippen molar-refractivity contribution in [3.63, 3.8) is 0 Å². The number of hydrogen-bond donors (Lipinski definition) is 0. The number of hydrogen-bond acceptors (Lipinski definition) is 0. The van der Waals surface area contributed by atoms with E-state index in [1.54, 1.807) is 6.55 Å². The summed E-state index contributed by atoms with van der Waals surface area (Å²) >= 11 is 0. The fraction of sp³-hybridized carbons (Fsp3) is 0.636. The quantitative estimate of drug-likeness (QED) is 0.354. The van der Waals surface area contributed by atoms with Crippen LogP contribution in [-0.4, -0.2) is 24.6 Å². The standard InChI is InChI=1S/C11H21FSi3/c1-13(2,3)8-10-15(7,12)11-9-14(4,5)6/h1-7H3.